The van der Waals surface area contributed by atoms with E-state index >= 15 is 0 Å². The second-order valence-electron chi connectivity index (χ2n) is 7.37. The normalized spacial score (nSPS) is 12.0. The van der Waals surface area contributed by atoms with E-state index in [9.17, 15) is 0 Å². The van der Waals surface area contributed by atoms with Gasteiger partial charge in [-0.2, -0.15) is 4.52 Å². The van der Waals surface area contributed by atoms with Crippen molar-refractivity contribution >= 4 is 5.65 Å². The summed E-state index contributed by atoms with van der Waals surface area (Å²) in [6.07, 6.45) is 3.29. The summed E-state index contributed by atoms with van der Waals surface area (Å²) in [5.74, 6) is 0.995. The lowest BCUT2D eigenvalue weighted by molar-refractivity contribution is 0.275. The quantitative estimate of drug-likeness (QED) is 0.539. The first-order valence-electron chi connectivity index (χ1n) is 8.50. The van der Waals surface area contributed by atoms with Crippen LogP contribution in [0.5, 0.6) is 5.88 Å². The molecule has 0 aliphatic rings. The van der Waals surface area contributed by atoms with E-state index in [2.05, 4.69) is 51.5 Å². The van der Waals surface area contributed by atoms with E-state index in [1.54, 1.807) is 15.3 Å². The fourth-order valence-electron chi connectivity index (χ4n) is 3.10. The smallest absolute Gasteiger partial charge is 0.236 e. The van der Waals surface area contributed by atoms with Gasteiger partial charge in [-0.25, -0.2) is 0 Å². The van der Waals surface area contributed by atoms with Crippen LogP contribution in [0.25, 0.3) is 17.2 Å². The molecule has 4 aromatic heterocycles. The predicted octanol–water partition coefficient (Wildman–Crippen LogP) is 2.09. The van der Waals surface area contributed by atoms with E-state index in [0.29, 0.717) is 23.0 Å². The second kappa shape index (κ2) is 6.15. The van der Waals surface area contributed by atoms with E-state index in [1.165, 1.54) is 6.26 Å². The highest BCUT2D eigenvalue weighted by atomic mass is 16.5. The minimum Gasteiger partial charge on any atom is -0.470 e. The van der Waals surface area contributed by atoms with Crippen molar-refractivity contribution in [1.29, 1.82) is 0 Å². The van der Waals surface area contributed by atoms with Crippen molar-refractivity contribution in [2.45, 2.75) is 39.7 Å². The molecule has 0 saturated carbocycles. The van der Waals surface area contributed by atoms with Crippen LogP contribution in [0, 0.1) is 6.92 Å². The molecule has 4 heterocycles. The van der Waals surface area contributed by atoms with Crippen LogP contribution in [0.1, 0.15) is 37.6 Å². The van der Waals surface area contributed by atoms with Gasteiger partial charge in [-0.1, -0.05) is 31.1 Å². The molecule has 27 heavy (non-hydrogen) atoms. The maximum Gasteiger partial charge on any atom is 0.236 e. The summed E-state index contributed by atoms with van der Waals surface area (Å²) >= 11 is 0. The molecule has 140 valence electrons. The SMILES string of the molecule is Cc1c(C(C)(C)C)c(OCc2cn(C)nn2)nn2c(-c3ccon3)nnc12. The average Bonchev–Trinajstić information content (AvgIpc) is 3.31. The van der Waals surface area contributed by atoms with Gasteiger partial charge in [-0.15, -0.1) is 20.4 Å². The van der Waals surface area contributed by atoms with Gasteiger partial charge in [0.05, 0.1) is 6.20 Å². The zero-order valence-electron chi connectivity index (χ0n) is 15.8. The molecule has 0 saturated heterocycles. The van der Waals surface area contributed by atoms with E-state index in [4.69, 9.17) is 9.26 Å². The molecule has 0 fully saturated rings. The van der Waals surface area contributed by atoms with Crippen molar-refractivity contribution in [2.75, 3.05) is 0 Å². The number of hydrogen-bond acceptors (Lipinski definition) is 8. The van der Waals surface area contributed by atoms with Gasteiger partial charge in [0.2, 0.25) is 11.7 Å². The number of nitrogens with zero attached hydrogens (tertiary/aromatic N) is 8. The summed E-state index contributed by atoms with van der Waals surface area (Å²) in [6, 6.07) is 1.71. The van der Waals surface area contributed by atoms with E-state index < -0.39 is 0 Å². The Morgan fingerprint density at radius 2 is 2.00 bits per heavy atom. The summed E-state index contributed by atoms with van der Waals surface area (Å²) in [5.41, 5.74) is 3.66. The molecule has 0 N–H and O–H groups in total. The molecule has 10 heteroatoms. The average molecular weight is 368 g/mol. The maximum absolute atomic E-state index is 6.05. The third-order valence-electron chi connectivity index (χ3n) is 4.18. The van der Waals surface area contributed by atoms with Crippen LogP contribution >= 0.6 is 0 Å². The Hall–Kier alpha value is -3.30. The monoisotopic (exact) mass is 368 g/mol. The van der Waals surface area contributed by atoms with Crippen LogP contribution in [0.4, 0.5) is 0 Å². The van der Waals surface area contributed by atoms with Crippen LogP contribution in [0.15, 0.2) is 23.0 Å². The molecule has 0 aliphatic carbocycles. The van der Waals surface area contributed by atoms with Crippen LogP contribution in [0.2, 0.25) is 0 Å². The first kappa shape index (κ1) is 17.1. The van der Waals surface area contributed by atoms with Crippen LogP contribution in [0.3, 0.4) is 0 Å². The van der Waals surface area contributed by atoms with E-state index in [1.807, 2.05) is 20.2 Å². The maximum atomic E-state index is 6.05. The molecule has 4 aromatic rings. The van der Waals surface area contributed by atoms with Gasteiger partial charge in [-0.05, 0) is 12.3 Å². The van der Waals surface area contributed by atoms with Gasteiger partial charge in [0, 0.05) is 24.2 Å². The first-order valence-corrected chi connectivity index (χ1v) is 8.50. The lowest BCUT2D eigenvalue weighted by Crippen LogP contribution is -2.18. The number of fused-ring (bicyclic) bond motifs is 1. The lowest BCUT2D eigenvalue weighted by Gasteiger charge is -2.24. The van der Waals surface area contributed by atoms with Crippen LogP contribution < -0.4 is 4.74 Å². The minimum absolute atomic E-state index is 0.198. The molecule has 0 atom stereocenters. The van der Waals surface area contributed by atoms with Crippen molar-refractivity contribution in [3.63, 3.8) is 0 Å². The Labute approximate surface area is 155 Å². The largest absolute Gasteiger partial charge is 0.470 e. The molecule has 4 rings (SSSR count). The Balaban J connectivity index is 1.84. The predicted molar refractivity (Wildman–Crippen MR) is 95.1 cm³/mol. The molecule has 0 aliphatic heterocycles. The Morgan fingerprint density at radius 3 is 2.63 bits per heavy atom. The number of ether oxygens (including phenoxy) is 1. The van der Waals surface area contributed by atoms with Crippen molar-refractivity contribution in [3.05, 3.63) is 35.3 Å². The molecule has 0 radical (unpaired) electrons. The number of rotatable bonds is 4. The summed E-state index contributed by atoms with van der Waals surface area (Å²) in [5, 5.41) is 25.1. The fraction of sp³-hybridized carbons (Fsp3) is 0.412. The number of aryl methyl sites for hydroxylation is 2. The number of aromatic nitrogens is 8. The zero-order chi connectivity index (χ0) is 19.2. The van der Waals surface area contributed by atoms with Crippen molar-refractivity contribution in [1.82, 2.24) is 40.0 Å². The molecule has 0 spiro atoms. The molecule has 0 amide bonds. The Morgan fingerprint density at radius 1 is 1.19 bits per heavy atom. The van der Waals surface area contributed by atoms with Crippen LogP contribution in [-0.4, -0.2) is 40.0 Å². The van der Waals surface area contributed by atoms with Crippen molar-refractivity contribution < 1.29 is 9.26 Å². The highest BCUT2D eigenvalue weighted by Gasteiger charge is 2.27. The highest BCUT2D eigenvalue weighted by Crippen LogP contribution is 2.35. The first-order chi connectivity index (χ1) is 12.8. The van der Waals surface area contributed by atoms with Crippen molar-refractivity contribution in [2.24, 2.45) is 7.05 Å². The van der Waals surface area contributed by atoms with E-state index in [-0.39, 0.29) is 12.0 Å². The fourth-order valence-corrected chi connectivity index (χ4v) is 3.10. The van der Waals surface area contributed by atoms with Gasteiger partial charge in [-0.3, -0.25) is 4.68 Å². The van der Waals surface area contributed by atoms with Gasteiger partial charge in [0.25, 0.3) is 0 Å². The van der Waals surface area contributed by atoms with Gasteiger partial charge in [0.15, 0.2) is 11.3 Å². The van der Waals surface area contributed by atoms with Crippen molar-refractivity contribution in [3.8, 4) is 17.4 Å². The Bertz CT molecular complexity index is 1090. The summed E-state index contributed by atoms with van der Waals surface area (Å²) in [7, 11) is 1.81. The molecule has 0 unspecified atom stereocenters. The van der Waals surface area contributed by atoms with Gasteiger partial charge >= 0.3 is 0 Å². The minimum atomic E-state index is -0.198. The summed E-state index contributed by atoms with van der Waals surface area (Å²) < 4.78 is 14.2. The molecular weight excluding hydrogens is 348 g/mol. The summed E-state index contributed by atoms with van der Waals surface area (Å²) in [4.78, 5) is 0. The summed E-state index contributed by atoms with van der Waals surface area (Å²) in [6.45, 7) is 8.58. The third kappa shape index (κ3) is 3.03. The second-order valence-corrected chi connectivity index (χ2v) is 7.37. The topological polar surface area (TPSA) is 109 Å². The molecular formula is C17H20N8O2. The molecule has 0 bridgehead atoms. The lowest BCUT2D eigenvalue weighted by atomic mass is 9.85. The molecule has 10 nitrogen and oxygen atoms in total. The molecule has 0 aromatic carbocycles. The third-order valence-corrected chi connectivity index (χ3v) is 4.18. The van der Waals surface area contributed by atoms with E-state index in [0.717, 1.165) is 16.8 Å². The Kier molecular flexibility index (Phi) is 3.90. The van der Waals surface area contributed by atoms with Gasteiger partial charge < -0.3 is 9.26 Å². The number of hydrogen-bond donors (Lipinski definition) is 0. The standard InChI is InChI=1S/C17H20N8O2/c1-10-13(17(2,3)4)16(26-9-11-8-24(5)23-18-11)21-25-14(10)19-20-15(25)12-6-7-27-22-12/h6-8H,9H2,1-5H3. The highest BCUT2D eigenvalue weighted by molar-refractivity contribution is 5.60. The van der Waals surface area contributed by atoms with Crippen LogP contribution in [-0.2, 0) is 19.1 Å². The zero-order valence-corrected chi connectivity index (χ0v) is 15.8. The van der Waals surface area contributed by atoms with Gasteiger partial charge in [0.1, 0.15) is 18.6 Å².